The average molecular weight is 380 g/mol. The minimum absolute atomic E-state index is 0.0921. The smallest absolute Gasteiger partial charge is 0.258 e. The van der Waals surface area contributed by atoms with E-state index in [1.54, 1.807) is 24.3 Å². The number of nitro benzene ring substituents is 2. The molecule has 132 valence electrons. The predicted octanol–water partition coefficient (Wildman–Crippen LogP) is 4.60. The number of aryl methyl sites for hydroxylation is 2. The van der Waals surface area contributed by atoms with E-state index in [0.29, 0.717) is 0 Å². The summed E-state index contributed by atoms with van der Waals surface area (Å²) in [6, 6.07) is 13.0. The molecule has 25 heavy (non-hydrogen) atoms. The van der Waals surface area contributed by atoms with E-state index >= 15 is 0 Å². The normalized spacial score (nSPS) is 10.6. The summed E-state index contributed by atoms with van der Waals surface area (Å²) in [5.41, 5.74) is 2.24. The molecule has 0 heterocycles. The van der Waals surface area contributed by atoms with Crippen molar-refractivity contribution in [3.05, 3.63) is 79.9 Å². The summed E-state index contributed by atoms with van der Waals surface area (Å²) in [6.45, 7) is 0. The summed E-state index contributed by atoms with van der Waals surface area (Å²) in [7, 11) is 0. The summed E-state index contributed by atoms with van der Waals surface area (Å²) in [6.07, 6.45) is 1.54. The lowest BCUT2D eigenvalue weighted by atomic mass is 10.1. The van der Waals surface area contributed by atoms with Crippen LogP contribution in [0.1, 0.15) is 11.1 Å². The predicted molar refractivity (Wildman–Crippen MR) is 99.6 cm³/mol. The monoisotopic (exact) mass is 380 g/mol. The van der Waals surface area contributed by atoms with Gasteiger partial charge in [0.15, 0.2) is 0 Å². The second kappa shape index (κ2) is 10.0. The highest BCUT2D eigenvalue weighted by molar-refractivity contribution is 8.07. The Morgan fingerprint density at radius 2 is 1.08 bits per heavy atom. The maximum atomic E-state index is 10.6. The number of benzene rings is 2. The summed E-state index contributed by atoms with van der Waals surface area (Å²) in [4.78, 5) is 20.3. The molecule has 0 N–H and O–H groups in total. The number of rotatable bonds is 10. The second-order valence-corrected chi connectivity index (χ2v) is 6.89. The third kappa shape index (κ3) is 6.73. The van der Waals surface area contributed by atoms with E-state index in [1.807, 2.05) is 0 Å². The summed E-state index contributed by atoms with van der Waals surface area (Å²) >= 11 is 2.68. The summed E-state index contributed by atoms with van der Waals surface area (Å²) in [5.74, 6) is 1.50. The minimum Gasteiger partial charge on any atom is -0.258 e. The highest BCUT2D eigenvalue weighted by Crippen LogP contribution is 2.20. The summed E-state index contributed by atoms with van der Waals surface area (Å²) in [5, 5.41) is 21.1. The van der Waals surface area contributed by atoms with Crippen molar-refractivity contribution in [1.29, 1.82) is 0 Å². The molecular weight excluding hydrogens is 364 g/mol. The van der Waals surface area contributed by atoms with Gasteiger partial charge in [0.05, 0.1) is 9.85 Å². The fourth-order valence-electron chi connectivity index (χ4n) is 1.99. The van der Waals surface area contributed by atoms with Crippen molar-refractivity contribution >= 4 is 35.5 Å². The molecule has 0 fully saturated rings. The first-order valence-electron chi connectivity index (χ1n) is 7.44. The van der Waals surface area contributed by atoms with Crippen molar-refractivity contribution in [2.45, 2.75) is 12.8 Å². The average Bonchev–Trinajstić information content (AvgIpc) is 2.61. The molecule has 0 saturated heterocycles. The van der Waals surface area contributed by atoms with Crippen molar-refractivity contribution in [2.75, 3.05) is 11.5 Å². The molecule has 0 spiro atoms. The van der Waals surface area contributed by atoms with Crippen LogP contribution in [-0.4, -0.2) is 21.4 Å². The Labute approximate surface area is 153 Å². The highest BCUT2D eigenvalue weighted by atomic mass is 32.2. The van der Waals surface area contributed by atoms with E-state index in [2.05, 4.69) is 0 Å². The molecule has 0 radical (unpaired) electrons. The molecule has 0 aliphatic heterocycles. The highest BCUT2D eigenvalue weighted by Gasteiger charge is 2.05. The lowest BCUT2D eigenvalue weighted by Gasteiger charge is -2.03. The topological polar surface area (TPSA) is 95.5 Å². The first-order valence-corrected chi connectivity index (χ1v) is 9.26. The summed E-state index contributed by atoms with van der Waals surface area (Å²) < 4.78 is 5.42. The van der Waals surface area contributed by atoms with Crippen LogP contribution in [0.15, 0.2) is 48.5 Å². The number of hydrogen-bond acceptors (Lipinski definition) is 7. The second-order valence-electron chi connectivity index (χ2n) is 5.06. The van der Waals surface area contributed by atoms with Gasteiger partial charge < -0.3 is 0 Å². The van der Waals surface area contributed by atoms with Crippen LogP contribution in [0.25, 0.3) is 0 Å². The van der Waals surface area contributed by atoms with Gasteiger partial charge in [-0.3, -0.25) is 20.2 Å². The molecule has 7 nitrogen and oxygen atoms in total. The van der Waals surface area contributed by atoms with Crippen LogP contribution in [0.3, 0.4) is 0 Å². The molecule has 0 atom stereocenters. The van der Waals surface area contributed by atoms with Gasteiger partial charge in [0.25, 0.3) is 11.4 Å². The molecular formula is C16H16N2O5S2. The van der Waals surface area contributed by atoms with Gasteiger partial charge in [-0.25, -0.2) is 3.63 Å². The number of hydrogen-bond donors (Lipinski definition) is 0. The number of non-ortho nitro benzene ring substituents is 2. The molecule has 2 rings (SSSR count). The van der Waals surface area contributed by atoms with Crippen LogP contribution in [0, 0.1) is 20.2 Å². The van der Waals surface area contributed by atoms with Gasteiger partial charge in [-0.2, -0.15) is 0 Å². The lowest BCUT2D eigenvalue weighted by molar-refractivity contribution is -0.385. The minimum atomic E-state index is -0.413. The SMILES string of the molecule is O=[N+]([O-])c1ccc(CCSOSCCc2ccc([N+](=O)[O-])cc2)cc1. The van der Waals surface area contributed by atoms with Gasteiger partial charge in [0.1, 0.15) is 0 Å². The molecule has 0 aromatic heterocycles. The van der Waals surface area contributed by atoms with Crippen molar-refractivity contribution in [1.82, 2.24) is 0 Å². The van der Waals surface area contributed by atoms with E-state index in [-0.39, 0.29) is 11.4 Å². The van der Waals surface area contributed by atoms with Gasteiger partial charge >= 0.3 is 0 Å². The Morgan fingerprint density at radius 1 is 0.720 bits per heavy atom. The zero-order valence-electron chi connectivity index (χ0n) is 13.2. The standard InChI is InChI=1S/C16H16N2O5S2/c19-17(20)15-5-1-13(2-6-15)9-11-24-23-25-12-10-14-3-7-16(8-4-14)18(21)22/h1-8H,9-12H2. The molecule has 0 amide bonds. The Bertz CT molecular complexity index is 646. The van der Waals surface area contributed by atoms with Gasteiger partial charge in [-0.15, -0.1) is 0 Å². The van der Waals surface area contributed by atoms with Gasteiger partial charge in [0.2, 0.25) is 0 Å². The third-order valence-corrected chi connectivity index (χ3v) is 4.85. The number of nitrogens with zero attached hydrogens (tertiary/aromatic N) is 2. The Hall–Kier alpha value is -2.10. The maximum Gasteiger partial charge on any atom is 0.269 e. The van der Waals surface area contributed by atoms with Crippen molar-refractivity contribution < 1.29 is 13.5 Å². The molecule has 0 aliphatic carbocycles. The van der Waals surface area contributed by atoms with Crippen LogP contribution in [0.4, 0.5) is 11.4 Å². The molecule has 2 aromatic rings. The van der Waals surface area contributed by atoms with Crippen molar-refractivity contribution in [2.24, 2.45) is 0 Å². The maximum absolute atomic E-state index is 10.6. The fourth-order valence-corrected chi connectivity index (χ4v) is 3.44. The van der Waals surface area contributed by atoms with E-state index in [4.69, 9.17) is 3.63 Å². The first-order chi connectivity index (χ1) is 12.1. The molecule has 0 unspecified atom stereocenters. The number of nitro groups is 2. The van der Waals surface area contributed by atoms with Crippen LogP contribution in [0.5, 0.6) is 0 Å². The van der Waals surface area contributed by atoms with Gasteiger partial charge in [-0.05, 0) is 24.0 Å². The van der Waals surface area contributed by atoms with Crippen molar-refractivity contribution in [3.63, 3.8) is 0 Å². The zero-order chi connectivity index (χ0) is 18.1. The van der Waals surface area contributed by atoms with Crippen LogP contribution < -0.4 is 0 Å². The third-order valence-electron chi connectivity index (χ3n) is 3.34. The van der Waals surface area contributed by atoms with Gasteiger partial charge in [0, 0.05) is 59.9 Å². The lowest BCUT2D eigenvalue weighted by Crippen LogP contribution is -1.92. The largest absolute Gasteiger partial charge is 0.269 e. The quantitative estimate of drug-likeness (QED) is 0.257. The zero-order valence-corrected chi connectivity index (χ0v) is 14.8. The van der Waals surface area contributed by atoms with E-state index < -0.39 is 9.85 Å². The van der Waals surface area contributed by atoms with Crippen LogP contribution in [0.2, 0.25) is 0 Å². The Morgan fingerprint density at radius 3 is 1.40 bits per heavy atom. The van der Waals surface area contributed by atoms with E-state index in [0.717, 1.165) is 35.5 Å². The van der Waals surface area contributed by atoms with Crippen LogP contribution in [-0.2, 0) is 16.5 Å². The molecule has 0 bridgehead atoms. The van der Waals surface area contributed by atoms with E-state index in [1.165, 1.54) is 48.4 Å². The Kier molecular flexibility index (Phi) is 7.71. The van der Waals surface area contributed by atoms with E-state index in [9.17, 15) is 20.2 Å². The molecule has 0 aliphatic rings. The van der Waals surface area contributed by atoms with Gasteiger partial charge in [-0.1, -0.05) is 24.3 Å². The molecule has 2 aromatic carbocycles. The van der Waals surface area contributed by atoms with Crippen LogP contribution >= 0.6 is 24.1 Å². The first kappa shape index (κ1) is 19.2. The Balaban J connectivity index is 1.57. The molecule has 0 saturated carbocycles. The fraction of sp³-hybridized carbons (Fsp3) is 0.250. The van der Waals surface area contributed by atoms with Crippen molar-refractivity contribution in [3.8, 4) is 0 Å². The molecule has 9 heteroatoms.